The number of carboxylic acids is 1. The molecule has 3 rings (SSSR count). The van der Waals surface area contributed by atoms with E-state index in [-0.39, 0.29) is 0 Å². The van der Waals surface area contributed by atoms with Crippen molar-refractivity contribution in [3.05, 3.63) is 29.8 Å². The minimum absolute atomic E-state index is 0.581. The van der Waals surface area contributed by atoms with Crippen LogP contribution in [0.15, 0.2) is 24.3 Å². The van der Waals surface area contributed by atoms with Crippen molar-refractivity contribution < 1.29 is 9.90 Å². The molecule has 4 nitrogen and oxygen atoms in total. The van der Waals surface area contributed by atoms with Crippen molar-refractivity contribution in [3.8, 4) is 0 Å². The molecule has 1 aromatic carbocycles. The Balaban J connectivity index is 1.79. The van der Waals surface area contributed by atoms with Crippen molar-refractivity contribution in [1.82, 2.24) is 5.32 Å². The smallest absolute Gasteiger partial charge is 0.314 e. The van der Waals surface area contributed by atoms with Gasteiger partial charge in [-0.1, -0.05) is 12.1 Å². The largest absolute Gasteiger partial charge is 0.481 e. The predicted octanol–water partition coefficient (Wildman–Crippen LogP) is 1.21. The van der Waals surface area contributed by atoms with Crippen LogP contribution < -0.4 is 10.2 Å². The first-order chi connectivity index (χ1) is 8.72. The van der Waals surface area contributed by atoms with Gasteiger partial charge in [0, 0.05) is 31.9 Å². The number of nitrogens with zero attached hydrogens (tertiary/aromatic N) is 1. The number of anilines is 1. The van der Waals surface area contributed by atoms with E-state index in [1.54, 1.807) is 0 Å². The number of hydrogen-bond donors (Lipinski definition) is 2. The summed E-state index contributed by atoms with van der Waals surface area (Å²) in [4.78, 5) is 13.6. The van der Waals surface area contributed by atoms with Gasteiger partial charge in [0.2, 0.25) is 0 Å². The molecule has 1 aromatic rings. The molecule has 1 heterocycles. The Hall–Kier alpha value is -1.55. The van der Waals surface area contributed by atoms with Crippen molar-refractivity contribution in [3.63, 3.8) is 0 Å². The molecule has 4 heteroatoms. The van der Waals surface area contributed by atoms with Gasteiger partial charge in [-0.25, -0.2) is 0 Å². The van der Waals surface area contributed by atoms with E-state index in [0.29, 0.717) is 0 Å². The lowest BCUT2D eigenvalue weighted by atomic mass is 9.96. The molecule has 1 saturated carbocycles. The van der Waals surface area contributed by atoms with E-state index in [4.69, 9.17) is 0 Å². The van der Waals surface area contributed by atoms with Gasteiger partial charge in [-0.2, -0.15) is 0 Å². The maximum Gasteiger partial charge on any atom is 0.314 e. The minimum Gasteiger partial charge on any atom is -0.481 e. The van der Waals surface area contributed by atoms with E-state index in [0.717, 1.165) is 44.6 Å². The second-order valence-corrected chi connectivity index (χ2v) is 5.17. The molecule has 0 radical (unpaired) electrons. The van der Waals surface area contributed by atoms with Crippen molar-refractivity contribution >= 4 is 11.7 Å². The van der Waals surface area contributed by atoms with Gasteiger partial charge in [-0.15, -0.1) is 0 Å². The summed E-state index contributed by atoms with van der Waals surface area (Å²) in [5, 5.41) is 12.6. The van der Waals surface area contributed by atoms with Crippen LogP contribution in [0.1, 0.15) is 18.4 Å². The third-order valence-electron chi connectivity index (χ3n) is 4.06. The summed E-state index contributed by atoms with van der Waals surface area (Å²) < 4.78 is 0. The van der Waals surface area contributed by atoms with E-state index in [1.807, 2.05) is 12.1 Å². The molecular weight excluding hydrogens is 228 g/mol. The number of carbonyl (C=O) groups is 1. The number of nitrogens with one attached hydrogen (secondary N) is 1. The lowest BCUT2D eigenvalue weighted by Crippen LogP contribution is -2.43. The topological polar surface area (TPSA) is 52.6 Å². The van der Waals surface area contributed by atoms with Crippen LogP contribution in [0.2, 0.25) is 0 Å². The molecule has 0 amide bonds. The zero-order valence-electron chi connectivity index (χ0n) is 10.4. The van der Waals surface area contributed by atoms with Crippen molar-refractivity contribution in [2.75, 3.05) is 31.1 Å². The van der Waals surface area contributed by atoms with Gasteiger partial charge >= 0.3 is 5.97 Å². The fourth-order valence-corrected chi connectivity index (χ4v) is 2.67. The summed E-state index contributed by atoms with van der Waals surface area (Å²) in [6.07, 6.45) is 1.55. The van der Waals surface area contributed by atoms with E-state index < -0.39 is 11.4 Å². The van der Waals surface area contributed by atoms with Gasteiger partial charge in [0.05, 0.1) is 5.41 Å². The molecule has 0 unspecified atom stereocenters. The Kier molecular flexibility index (Phi) is 2.74. The molecule has 2 N–H and O–H groups in total. The third-order valence-corrected chi connectivity index (χ3v) is 4.06. The Morgan fingerprint density at radius 1 is 1.17 bits per heavy atom. The molecule has 1 aliphatic carbocycles. The molecule has 0 bridgehead atoms. The van der Waals surface area contributed by atoms with Gasteiger partial charge in [0.1, 0.15) is 0 Å². The summed E-state index contributed by atoms with van der Waals surface area (Å²) in [5.41, 5.74) is 1.57. The highest BCUT2D eigenvalue weighted by Crippen LogP contribution is 2.48. The Morgan fingerprint density at radius 3 is 2.28 bits per heavy atom. The van der Waals surface area contributed by atoms with E-state index >= 15 is 0 Å². The fraction of sp³-hybridized carbons (Fsp3) is 0.500. The van der Waals surface area contributed by atoms with E-state index in [9.17, 15) is 9.90 Å². The molecule has 1 saturated heterocycles. The average molecular weight is 246 g/mol. The summed E-state index contributed by atoms with van der Waals surface area (Å²) in [6.45, 7) is 4.06. The van der Waals surface area contributed by atoms with Crippen LogP contribution >= 0.6 is 0 Å². The third kappa shape index (κ3) is 1.86. The molecule has 96 valence electrons. The lowest BCUT2D eigenvalue weighted by Gasteiger charge is -2.29. The first kappa shape index (κ1) is 11.5. The average Bonchev–Trinajstić information content (AvgIpc) is 3.22. The molecule has 0 aromatic heterocycles. The maximum atomic E-state index is 11.3. The SMILES string of the molecule is O=C(O)C1(c2ccc(N3CCNCC3)cc2)CC1. The molecule has 2 aliphatic rings. The standard InChI is InChI=1S/C14H18N2O2/c17-13(18)14(5-6-14)11-1-3-12(4-2-11)16-9-7-15-8-10-16/h1-4,15H,5-10H2,(H,17,18). The van der Waals surface area contributed by atoms with Crippen LogP contribution in [0.25, 0.3) is 0 Å². The first-order valence-corrected chi connectivity index (χ1v) is 6.52. The van der Waals surface area contributed by atoms with Gasteiger partial charge in [0.15, 0.2) is 0 Å². The minimum atomic E-state index is -0.683. The Bertz CT molecular complexity index is 445. The Morgan fingerprint density at radius 2 is 1.78 bits per heavy atom. The lowest BCUT2D eigenvalue weighted by molar-refractivity contribution is -0.140. The molecule has 0 spiro atoms. The number of carboxylic acid groups (broad SMARTS) is 1. The van der Waals surface area contributed by atoms with Gasteiger partial charge < -0.3 is 15.3 Å². The van der Waals surface area contributed by atoms with Gasteiger partial charge in [0.25, 0.3) is 0 Å². The number of hydrogen-bond acceptors (Lipinski definition) is 3. The van der Waals surface area contributed by atoms with Crippen LogP contribution in [-0.4, -0.2) is 37.3 Å². The zero-order valence-corrected chi connectivity index (χ0v) is 10.4. The fourth-order valence-electron chi connectivity index (χ4n) is 2.67. The highest BCUT2D eigenvalue weighted by Gasteiger charge is 2.51. The molecular formula is C14H18N2O2. The van der Waals surface area contributed by atoms with Gasteiger partial charge in [-0.05, 0) is 30.5 Å². The zero-order chi connectivity index (χ0) is 12.6. The van der Waals surface area contributed by atoms with E-state index in [2.05, 4.69) is 22.3 Å². The molecule has 18 heavy (non-hydrogen) atoms. The van der Waals surface area contributed by atoms with Crippen LogP contribution in [0, 0.1) is 0 Å². The highest BCUT2D eigenvalue weighted by molar-refractivity contribution is 5.85. The van der Waals surface area contributed by atoms with Crippen LogP contribution in [0.3, 0.4) is 0 Å². The molecule has 2 fully saturated rings. The summed E-state index contributed by atoms with van der Waals surface area (Å²) in [6, 6.07) is 8.09. The Labute approximate surface area is 107 Å². The quantitative estimate of drug-likeness (QED) is 0.842. The van der Waals surface area contributed by atoms with Crippen LogP contribution in [0.5, 0.6) is 0 Å². The number of aliphatic carboxylic acids is 1. The monoisotopic (exact) mass is 246 g/mol. The number of benzene rings is 1. The summed E-state index contributed by atoms with van der Waals surface area (Å²) in [5.74, 6) is -0.683. The second kappa shape index (κ2) is 4.28. The summed E-state index contributed by atoms with van der Waals surface area (Å²) in [7, 11) is 0. The maximum absolute atomic E-state index is 11.3. The van der Waals surface area contributed by atoms with Crippen LogP contribution in [-0.2, 0) is 10.2 Å². The second-order valence-electron chi connectivity index (χ2n) is 5.17. The summed E-state index contributed by atoms with van der Waals surface area (Å²) >= 11 is 0. The van der Waals surface area contributed by atoms with Crippen molar-refractivity contribution in [2.45, 2.75) is 18.3 Å². The first-order valence-electron chi connectivity index (χ1n) is 6.52. The number of piperazine rings is 1. The van der Waals surface area contributed by atoms with E-state index in [1.165, 1.54) is 5.69 Å². The normalized spacial score (nSPS) is 21.7. The predicted molar refractivity (Wildman–Crippen MR) is 70.1 cm³/mol. The number of rotatable bonds is 3. The molecule has 1 aliphatic heterocycles. The van der Waals surface area contributed by atoms with Crippen LogP contribution in [0.4, 0.5) is 5.69 Å². The van der Waals surface area contributed by atoms with Crippen molar-refractivity contribution in [2.24, 2.45) is 0 Å². The van der Waals surface area contributed by atoms with Gasteiger partial charge in [-0.3, -0.25) is 4.79 Å². The highest BCUT2D eigenvalue weighted by atomic mass is 16.4. The molecule has 0 atom stereocenters. The van der Waals surface area contributed by atoms with Crippen molar-refractivity contribution in [1.29, 1.82) is 0 Å².